The number of amides is 1. The van der Waals surface area contributed by atoms with Crippen molar-refractivity contribution >= 4 is 27.8 Å². The van der Waals surface area contributed by atoms with E-state index < -0.39 is 29.5 Å². The molecular formula is C18H21BrF3NO3. The highest BCUT2D eigenvalue weighted by Crippen LogP contribution is 2.41. The van der Waals surface area contributed by atoms with Crippen LogP contribution in [0.15, 0.2) is 22.7 Å². The van der Waals surface area contributed by atoms with E-state index in [9.17, 15) is 22.8 Å². The number of carbonyl (C=O) groups is 2. The average molecular weight is 436 g/mol. The van der Waals surface area contributed by atoms with Gasteiger partial charge >= 0.3 is 12.1 Å². The average Bonchev–Trinajstić information content (AvgIpc) is 2.57. The highest BCUT2D eigenvalue weighted by molar-refractivity contribution is 9.10. The number of methoxy groups -OCH3 is 1. The molecule has 144 valence electrons. The Morgan fingerprint density at radius 2 is 1.92 bits per heavy atom. The lowest BCUT2D eigenvalue weighted by Gasteiger charge is -2.38. The van der Waals surface area contributed by atoms with Gasteiger partial charge in [-0.1, -0.05) is 22.0 Å². The molecule has 2 rings (SSSR count). The summed E-state index contributed by atoms with van der Waals surface area (Å²) in [7, 11) is 1.17. The predicted molar refractivity (Wildman–Crippen MR) is 93.5 cm³/mol. The van der Waals surface area contributed by atoms with E-state index in [1.807, 2.05) is 19.1 Å². The summed E-state index contributed by atoms with van der Waals surface area (Å²) < 4.78 is 44.3. The first kappa shape index (κ1) is 20.7. The van der Waals surface area contributed by atoms with Crippen molar-refractivity contribution in [3.05, 3.63) is 33.8 Å². The third-order valence-electron chi connectivity index (χ3n) is 4.92. The maximum absolute atomic E-state index is 12.9. The fourth-order valence-electron chi connectivity index (χ4n) is 3.33. The number of rotatable bonds is 4. The van der Waals surface area contributed by atoms with Crippen LogP contribution in [-0.2, 0) is 20.7 Å². The van der Waals surface area contributed by atoms with Crippen molar-refractivity contribution in [3.63, 3.8) is 0 Å². The maximum Gasteiger partial charge on any atom is 0.391 e. The second kappa shape index (κ2) is 7.98. The van der Waals surface area contributed by atoms with Crippen molar-refractivity contribution in [2.45, 2.75) is 50.7 Å². The smallest absolute Gasteiger partial charge is 0.391 e. The molecule has 1 aromatic carbocycles. The molecule has 1 amide bonds. The minimum Gasteiger partial charge on any atom is -0.467 e. The summed E-state index contributed by atoms with van der Waals surface area (Å²) in [5, 5.41) is 2.65. The lowest BCUT2D eigenvalue weighted by atomic mass is 9.76. The SMILES string of the molecule is COC(=O)[C@]1(NC(=O)Cc2cc(Br)ccc2C)CC[C@H](C(F)(F)F)CC1. The van der Waals surface area contributed by atoms with E-state index in [0.29, 0.717) is 0 Å². The molecule has 1 N–H and O–H groups in total. The Morgan fingerprint density at radius 1 is 1.31 bits per heavy atom. The van der Waals surface area contributed by atoms with E-state index in [4.69, 9.17) is 4.74 Å². The maximum atomic E-state index is 12.9. The van der Waals surface area contributed by atoms with Crippen molar-refractivity contribution in [2.75, 3.05) is 7.11 Å². The molecule has 0 radical (unpaired) electrons. The molecular weight excluding hydrogens is 415 g/mol. The van der Waals surface area contributed by atoms with Crippen LogP contribution >= 0.6 is 15.9 Å². The molecule has 1 saturated carbocycles. The van der Waals surface area contributed by atoms with Crippen LogP contribution in [0.1, 0.15) is 36.8 Å². The fraction of sp³-hybridized carbons (Fsp3) is 0.556. The number of hydrogen-bond acceptors (Lipinski definition) is 3. The van der Waals surface area contributed by atoms with Crippen LogP contribution in [0.2, 0.25) is 0 Å². The van der Waals surface area contributed by atoms with Crippen LogP contribution in [0.3, 0.4) is 0 Å². The normalized spacial score (nSPS) is 23.4. The van der Waals surface area contributed by atoms with E-state index in [1.165, 1.54) is 7.11 Å². The summed E-state index contributed by atoms with van der Waals surface area (Å²) in [4.78, 5) is 24.7. The topological polar surface area (TPSA) is 55.4 Å². The molecule has 0 saturated heterocycles. The van der Waals surface area contributed by atoms with Crippen LogP contribution in [0, 0.1) is 12.8 Å². The standard InChI is InChI=1S/C18H21BrF3NO3/c1-11-3-4-14(19)9-12(11)10-15(24)23-17(16(25)26-2)7-5-13(6-8-17)18(20,21)22/h3-4,9,13H,5-8,10H2,1-2H3,(H,23,24)/t13-,17-. The lowest BCUT2D eigenvalue weighted by Crippen LogP contribution is -2.58. The van der Waals surface area contributed by atoms with E-state index in [1.54, 1.807) is 6.07 Å². The van der Waals surface area contributed by atoms with Crippen LogP contribution in [0.5, 0.6) is 0 Å². The number of aryl methyl sites for hydroxylation is 1. The van der Waals surface area contributed by atoms with Gasteiger partial charge in [-0.3, -0.25) is 4.79 Å². The van der Waals surface area contributed by atoms with Gasteiger partial charge in [0.25, 0.3) is 0 Å². The zero-order valence-electron chi connectivity index (χ0n) is 14.6. The first-order valence-corrected chi connectivity index (χ1v) is 9.08. The molecule has 1 aliphatic carbocycles. The number of hydrogen-bond donors (Lipinski definition) is 1. The van der Waals surface area contributed by atoms with Crippen molar-refractivity contribution in [1.29, 1.82) is 0 Å². The number of carbonyl (C=O) groups excluding carboxylic acids is 2. The van der Waals surface area contributed by atoms with Gasteiger partial charge in [-0.2, -0.15) is 13.2 Å². The van der Waals surface area contributed by atoms with Gasteiger partial charge in [0.1, 0.15) is 5.54 Å². The molecule has 1 aromatic rings. The molecule has 0 spiro atoms. The van der Waals surface area contributed by atoms with E-state index in [0.717, 1.165) is 15.6 Å². The Hall–Kier alpha value is -1.57. The van der Waals surface area contributed by atoms with Gasteiger partial charge in [-0.05, 0) is 55.9 Å². The summed E-state index contributed by atoms with van der Waals surface area (Å²) in [6.45, 7) is 1.86. The van der Waals surface area contributed by atoms with E-state index in [2.05, 4.69) is 21.2 Å². The molecule has 4 nitrogen and oxygen atoms in total. The van der Waals surface area contributed by atoms with Crippen molar-refractivity contribution in [2.24, 2.45) is 5.92 Å². The van der Waals surface area contributed by atoms with Gasteiger partial charge < -0.3 is 10.1 Å². The van der Waals surface area contributed by atoms with E-state index >= 15 is 0 Å². The number of benzene rings is 1. The molecule has 1 aliphatic rings. The molecule has 0 aromatic heterocycles. The summed E-state index contributed by atoms with van der Waals surface area (Å²) in [5.74, 6) is -2.57. The third-order valence-corrected chi connectivity index (χ3v) is 5.41. The number of halogens is 4. The second-order valence-corrected chi connectivity index (χ2v) is 7.60. The van der Waals surface area contributed by atoms with Crippen LogP contribution < -0.4 is 5.32 Å². The molecule has 0 atom stereocenters. The Morgan fingerprint density at radius 3 is 2.46 bits per heavy atom. The van der Waals surface area contributed by atoms with E-state index in [-0.39, 0.29) is 32.1 Å². The Balaban J connectivity index is 2.12. The molecule has 0 heterocycles. The largest absolute Gasteiger partial charge is 0.467 e. The number of alkyl halides is 3. The van der Waals surface area contributed by atoms with Crippen LogP contribution in [-0.4, -0.2) is 30.7 Å². The van der Waals surface area contributed by atoms with Gasteiger partial charge in [0.2, 0.25) is 5.91 Å². The minimum absolute atomic E-state index is 0.0344. The minimum atomic E-state index is -4.29. The quantitative estimate of drug-likeness (QED) is 0.724. The van der Waals surface area contributed by atoms with Gasteiger partial charge in [0, 0.05) is 4.47 Å². The summed E-state index contributed by atoms with van der Waals surface area (Å²) in [6.07, 6.45) is -4.86. The zero-order valence-corrected chi connectivity index (χ0v) is 16.2. The number of nitrogens with one attached hydrogen (secondary N) is 1. The summed E-state index contributed by atoms with van der Waals surface area (Å²) in [6, 6.07) is 5.52. The van der Waals surface area contributed by atoms with Crippen molar-refractivity contribution < 1.29 is 27.5 Å². The first-order valence-electron chi connectivity index (χ1n) is 8.28. The Bertz CT molecular complexity index is 683. The highest BCUT2D eigenvalue weighted by Gasteiger charge is 2.50. The van der Waals surface area contributed by atoms with Crippen molar-refractivity contribution in [3.8, 4) is 0 Å². The van der Waals surface area contributed by atoms with Gasteiger partial charge in [-0.15, -0.1) is 0 Å². The fourth-order valence-corrected chi connectivity index (χ4v) is 3.74. The first-order chi connectivity index (χ1) is 12.1. The number of esters is 1. The molecule has 0 unspecified atom stereocenters. The van der Waals surface area contributed by atoms with Gasteiger partial charge in [0.15, 0.2) is 0 Å². The predicted octanol–water partition coefficient (Wildman–Crippen LogP) is 4.08. The third kappa shape index (κ3) is 4.78. The van der Waals surface area contributed by atoms with Crippen molar-refractivity contribution in [1.82, 2.24) is 5.32 Å². The summed E-state index contributed by atoms with van der Waals surface area (Å²) in [5.41, 5.74) is 0.296. The molecule has 1 fully saturated rings. The Kier molecular flexibility index (Phi) is 6.37. The molecule has 0 aliphatic heterocycles. The molecule has 0 bridgehead atoms. The molecule has 26 heavy (non-hydrogen) atoms. The highest BCUT2D eigenvalue weighted by atomic mass is 79.9. The zero-order chi connectivity index (χ0) is 19.5. The van der Waals surface area contributed by atoms with Crippen LogP contribution in [0.25, 0.3) is 0 Å². The molecule has 8 heteroatoms. The van der Waals surface area contributed by atoms with Gasteiger partial charge in [-0.25, -0.2) is 4.79 Å². The van der Waals surface area contributed by atoms with Crippen LogP contribution in [0.4, 0.5) is 13.2 Å². The monoisotopic (exact) mass is 435 g/mol. The lowest BCUT2D eigenvalue weighted by molar-refractivity contribution is -0.188. The van der Waals surface area contributed by atoms with Gasteiger partial charge in [0.05, 0.1) is 19.4 Å². The summed E-state index contributed by atoms with van der Waals surface area (Å²) >= 11 is 3.34. The number of ether oxygens (including phenoxy) is 1. The second-order valence-electron chi connectivity index (χ2n) is 6.69. The Labute approximate surface area is 158 Å².